The van der Waals surface area contributed by atoms with Crippen LogP contribution in [0.1, 0.15) is 64.1 Å². The molecule has 1 saturated carbocycles. The zero-order valence-electron chi connectivity index (χ0n) is 14.6. The van der Waals surface area contributed by atoms with Gasteiger partial charge in [0.2, 0.25) is 11.8 Å². The van der Waals surface area contributed by atoms with Gasteiger partial charge in [-0.15, -0.1) is 0 Å². The smallest absolute Gasteiger partial charge is 0.246 e. The van der Waals surface area contributed by atoms with Gasteiger partial charge in [0.1, 0.15) is 6.61 Å². The maximum atomic E-state index is 12.7. The lowest BCUT2D eigenvalue weighted by atomic mass is 9.79. The SMILES string of the molecule is CCCC1CCC(C(=O)N(CC)Cc2nc(COC)no2)CC1. The lowest BCUT2D eigenvalue weighted by molar-refractivity contribution is -0.137. The van der Waals surface area contributed by atoms with Gasteiger partial charge in [-0.05, 0) is 38.5 Å². The second-order valence-corrected chi connectivity index (χ2v) is 6.40. The Balaban J connectivity index is 1.88. The molecular formula is C17H29N3O3. The van der Waals surface area contributed by atoms with E-state index in [2.05, 4.69) is 17.1 Å². The Bertz CT molecular complexity index is 481. The highest BCUT2D eigenvalue weighted by Crippen LogP contribution is 2.32. The first-order valence-electron chi connectivity index (χ1n) is 8.77. The number of aromatic nitrogens is 2. The maximum Gasteiger partial charge on any atom is 0.246 e. The Morgan fingerprint density at radius 1 is 1.30 bits per heavy atom. The number of ether oxygens (including phenoxy) is 1. The Kier molecular flexibility index (Phi) is 7.02. The van der Waals surface area contributed by atoms with Crippen molar-refractivity contribution < 1.29 is 14.1 Å². The third kappa shape index (κ3) is 5.03. The molecule has 0 bridgehead atoms. The zero-order valence-corrected chi connectivity index (χ0v) is 14.6. The molecule has 1 amide bonds. The van der Waals surface area contributed by atoms with E-state index in [1.807, 2.05) is 11.8 Å². The topological polar surface area (TPSA) is 68.5 Å². The first-order valence-corrected chi connectivity index (χ1v) is 8.77. The standard InChI is InChI=1S/C17H29N3O3/c1-4-6-13-7-9-14(10-8-13)17(21)20(5-2)11-16-18-15(12-22-3)19-23-16/h13-14H,4-12H2,1-3H3. The minimum absolute atomic E-state index is 0.157. The first-order chi connectivity index (χ1) is 11.2. The fourth-order valence-corrected chi connectivity index (χ4v) is 3.42. The largest absolute Gasteiger partial charge is 0.377 e. The Morgan fingerprint density at radius 3 is 2.65 bits per heavy atom. The van der Waals surface area contributed by atoms with E-state index in [0.29, 0.717) is 31.4 Å². The number of methoxy groups -OCH3 is 1. The monoisotopic (exact) mass is 323 g/mol. The number of hydrogen-bond acceptors (Lipinski definition) is 5. The first kappa shape index (κ1) is 17.9. The highest BCUT2D eigenvalue weighted by Gasteiger charge is 2.29. The summed E-state index contributed by atoms with van der Waals surface area (Å²) in [6, 6.07) is 0. The van der Waals surface area contributed by atoms with Crippen molar-refractivity contribution >= 4 is 5.91 Å². The quantitative estimate of drug-likeness (QED) is 0.735. The molecular weight excluding hydrogens is 294 g/mol. The van der Waals surface area contributed by atoms with Crippen LogP contribution in [0.25, 0.3) is 0 Å². The van der Waals surface area contributed by atoms with Crippen LogP contribution in [0.4, 0.5) is 0 Å². The Morgan fingerprint density at radius 2 is 2.04 bits per heavy atom. The molecule has 2 rings (SSSR count). The molecule has 1 aliphatic rings. The lowest BCUT2D eigenvalue weighted by Gasteiger charge is -2.31. The van der Waals surface area contributed by atoms with E-state index in [9.17, 15) is 4.79 Å². The van der Waals surface area contributed by atoms with Gasteiger partial charge < -0.3 is 14.2 Å². The highest BCUT2D eigenvalue weighted by atomic mass is 16.5. The van der Waals surface area contributed by atoms with E-state index in [4.69, 9.17) is 9.26 Å². The van der Waals surface area contributed by atoms with Crippen LogP contribution in [0.15, 0.2) is 4.52 Å². The molecule has 0 saturated heterocycles. The maximum absolute atomic E-state index is 12.7. The van der Waals surface area contributed by atoms with Crippen LogP contribution < -0.4 is 0 Å². The number of rotatable bonds is 8. The average Bonchev–Trinajstić information content (AvgIpc) is 3.01. The van der Waals surface area contributed by atoms with Crippen molar-refractivity contribution in [2.45, 2.75) is 65.5 Å². The van der Waals surface area contributed by atoms with Gasteiger partial charge in [0.15, 0.2) is 5.82 Å². The van der Waals surface area contributed by atoms with Crippen molar-refractivity contribution in [1.82, 2.24) is 15.0 Å². The van der Waals surface area contributed by atoms with Gasteiger partial charge in [0.25, 0.3) is 0 Å². The fraction of sp³-hybridized carbons (Fsp3) is 0.824. The van der Waals surface area contributed by atoms with Crippen molar-refractivity contribution in [2.75, 3.05) is 13.7 Å². The third-order valence-corrected chi connectivity index (χ3v) is 4.70. The third-order valence-electron chi connectivity index (χ3n) is 4.70. The van der Waals surface area contributed by atoms with E-state index in [1.54, 1.807) is 7.11 Å². The summed E-state index contributed by atoms with van der Waals surface area (Å²) in [6.07, 6.45) is 6.92. The number of amides is 1. The van der Waals surface area contributed by atoms with Crippen LogP contribution in [0, 0.1) is 11.8 Å². The molecule has 0 aliphatic heterocycles. The Hall–Kier alpha value is -1.43. The summed E-state index contributed by atoms with van der Waals surface area (Å²) >= 11 is 0. The molecule has 0 spiro atoms. The van der Waals surface area contributed by atoms with Crippen molar-refractivity contribution in [1.29, 1.82) is 0 Å². The molecule has 130 valence electrons. The van der Waals surface area contributed by atoms with Gasteiger partial charge in [0.05, 0.1) is 6.54 Å². The molecule has 0 aromatic carbocycles. The summed E-state index contributed by atoms with van der Waals surface area (Å²) in [5.41, 5.74) is 0. The summed E-state index contributed by atoms with van der Waals surface area (Å²) in [5, 5.41) is 3.85. The normalized spacial score (nSPS) is 21.3. The molecule has 1 aromatic rings. The van der Waals surface area contributed by atoms with Gasteiger partial charge in [-0.25, -0.2) is 0 Å². The summed E-state index contributed by atoms with van der Waals surface area (Å²) in [4.78, 5) is 18.8. The second kappa shape index (κ2) is 9.01. The van der Waals surface area contributed by atoms with E-state index >= 15 is 0 Å². The van der Waals surface area contributed by atoms with Gasteiger partial charge in [-0.1, -0.05) is 24.9 Å². The molecule has 1 fully saturated rings. The van der Waals surface area contributed by atoms with Crippen LogP contribution in [0.3, 0.4) is 0 Å². The average molecular weight is 323 g/mol. The minimum atomic E-state index is 0.157. The Labute approximate surface area is 138 Å². The molecule has 0 atom stereocenters. The van der Waals surface area contributed by atoms with Crippen LogP contribution in [0.2, 0.25) is 0 Å². The number of carbonyl (C=O) groups excluding carboxylic acids is 1. The number of nitrogens with zero attached hydrogens (tertiary/aromatic N) is 3. The summed E-state index contributed by atoms with van der Waals surface area (Å²) in [6.45, 7) is 5.60. The molecule has 0 N–H and O–H groups in total. The molecule has 1 aromatic heterocycles. The van der Waals surface area contributed by atoms with Crippen LogP contribution >= 0.6 is 0 Å². The molecule has 6 nitrogen and oxygen atoms in total. The van der Waals surface area contributed by atoms with E-state index in [-0.39, 0.29) is 11.8 Å². The summed E-state index contributed by atoms with van der Waals surface area (Å²) in [7, 11) is 1.59. The highest BCUT2D eigenvalue weighted by molar-refractivity contribution is 5.78. The van der Waals surface area contributed by atoms with Gasteiger partial charge in [0, 0.05) is 19.6 Å². The molecule has 0 unspecified atom stereocenters. The van der Waals surface area contributed by atoms with E-state index < -0.39 is 0 Å². The van der Waals surface area contributed by atoms with E-state index in [1.165, 1.54) is 25.7 Å². The van der Waals surface area contributed by atoms with Crippen LogP contribution in [0.5, 0.6) is 0 Å². The zero-order chi connectivity index (χ0) is 16.7. The summed E-state index contributed by atoms with van der Waals surface area (Å²) < 4.78 is 10.2. The van der Waals surface area contributed by atoms with Crippen molar-refractivity contribution in [3.05, 3.63) is 11.7 Å². The van der Waals surface area contributed by atoms with Gasteiger partial charge in [-0.2, -0.15) is 4.98 Å². The predicted molar refractivity (Wildman–Crippen MR) is 86.5 cm³/mol. The summed E-state index contributed by atoms with van der Waals surface area (Å²) in [5.74, 6) is 2.20. The molecule has 1 heterocycles. The van der Waals surface area contributed by atoms with Crippen molar-refractivity contribution in [3.63, 3.8) is 0 Å². The molecule has 23 heavy (non-hydrogen) atoms. The molecule has 6 heteroatoms. The van der Waals surface area contributed by atoms with Crippen molar-refractivity contribution in [3.8, 4) is 0 Å². The fourth-order valence-electron chi connectivity index (χ4n) is 3.42. The van der Waals surface area contributed by atoms with Crippen LogP contribution in [-0.2, 0) is 22.7 Å². The van der Waals surface area contributed by atoms with Crippen LogP contribution in [-0.4, -0.2) is 34.6 Å². The number of carbonyl (C=O) groups is 1. The predicted octanol–water partition coefficient (Wildman–Crippen LogP) is 3.17. The molecule has 1 aliphatic carbocycles. The van der Waals surface area contributed by atoms with E-state index in [0.717, 1.165) is 18.8 Å². The van der Waals surface area contributed by atoms with Gasteiger partial charge in [-0.3, -0.25) is 4.79 Å². The second-order valence-electron chi connectivity index (χ2n) is 6.40. The van der Waals surface area contributed by atoms with Gasteiger partial charge >= 0.3 is 0 Å². The van der Waals surface area contributed by atoms with Crippen molar-refractivity contribution in [2.24, 2.45) is 11.8 Å². The molecule has 0 radical (unpaired) electrons. The minimum Gasteiger partial charge on any atom is -0.377 e. The number of hydrogen-bond donors (Lipinski definition) is 0. The lowest BCUT2D eigenvalue weighted by Crippen LogP contribution is -2.37.